The molecule has 0 unspecified atom stereocenters. The first-order valence-corrected chi connectivity index (χ1v) is 8.72. The molecule has 0 aliphatic carbocycles. The van der Waals surface area contributed by atoms with Crippen LogP contribution in [0.4, 0.5) is 0 Å². The number of carbonyl (C=O) groups excluding carboxylic acids is 2. The molecule has 0 saturated carbocycles. The molecule has 2 heterocycles. The zero-order valence-electron chi connectivity index (χ0n) is 14.9. The Bertz CT molecular complexity index is 1170. The summed E-state index contributed by atoms with van der Waals surface area (Å²) in [5.41, 5.74) is 8.30. The summed E-state index contributed by atoms with van der Waals surface area (Å²) in [6, 6.07) is 19.6. The molecule has 0 bridgehead atoms. The van der Waals surface area contributed by atoms with Crippen molar-refractivity contribution >= 4 is 22.7 Å². The maximum Gasteiger partial charge on any atom is 0.252 e. The second kappa shape index (κ2) is 7.36. The number of hydrogen-bond donors (Lipinski definition) is 2. The Morgan fingerprint density at radius 3 is 2.64 bits per heavy atom. The van der Waals surface area contributed by atoms with Crippen molar-refractivity contribution in [2.45, 2.75) is 6.54 Å². The van der Waals surface area contributed by atoms with Crippen LogP contribution in [-0.4, -0.2) is 16.8 Å². The van der Waals surface area contributed by atoms with E-state index in [2.05, 4.69) is 10.3 Å². The summed E-state index contributed by atoms with van der Waals surface area (Å²) in [7, 11) is 0. The van der Waals surface area contributed by atoms with Crippen molar-refractivity contribution in [3.63, 3.8) is 0 Å². The second-order valence-corrected chi connectivity index (χ2v) is 6.30. The van der Waals surface area contributed by atoms with Crippen LogP contribution in [0.25, 0.3) is 22.4 Å². The third-order valence-corrected chi connectivity index (χ3v) is 4.40. The van der Waals surface area contributed by atoms with Crippen molar-refractivity contribution in [1.29, 1.82) is 0 Å². The zero-order chi connectivity index (χ0) is 19.5. The molecule has 6 heteroatoms. The molecule has 28 heavy (non-hydrogen) atoms. The number of nitrogens with zero attached hydrogens (tertiary/aromatic N) is 1. The SMILES string of the molecule is NC(=O)c1cccc(CNC(=O)c2cc(-c3ccco3)nc3ccccc23)c1. The topological polar surface area (TPSA) is 98.2 Å². The summed E-state index contributed by atoms with van der Waals surface area (Å²) in [5, 5.41) is 3.65. The van der Waals surface area contributed by atoms with E-state index in [1.54, 1.807) is 42.7 Å². The molecular formula is C22H17N3O3. The van der Waals surface area contributed by atoms with E-state index in [1.807, 2.05) is 30.3 Å². The zero-order valence-corrected chi connectivity index (χ0v) is 14.9. The molecule has 4 rings (SSSR count). The van der Waals surface area contributed by atoms with Gasteiger partial charge < -0.3 is 15.5 Å². The van der Waals surface area contributed by atoms with E-state index in [0.717, 1.165) is 10.9 Å². The highest BCUT2D eigenvalue weighted by Crippen LogP contribution is 2.25. The highest BCUT2D eigenvalue weighted by Gasteiger charge is 2.15. The first-order valence-electron chi connectivity index (χ1n) is 8.72. The van der Waals surface area contributed by atoms with Crippen LogP contribution in [0.1, 0.15) is 26.3 Å². The summed E-state index contributed by atoms with van der Waals surface area (Å²) in [4.78, 5) is 28.8. The van der Waals surface area contributed by atoms with E-state index in [9.17, 15) is 9.59 Å². The van der Waals surface area contributed by atoms with Crippen LogP contribution in [-0.2, 0) is 6.54 Å². The summed E-state index contributed by atoms with van der Waals surface area (Å²) in [6.45, 7) is 0.271. The number of rotatable bonds is 5. The maximum absolute atomic E-state index is 12.9. The van der Waals surface area contributed by atoms with Crippen LogP contribution < -0.4 is 11.1 Å². The average Bonchev–Trinajstić information content (AvgIpc) is 3.26. The van der Waals surface area contributed by atoms with Crippen LogP contribution in [0.15, 0.2) is 77.4 Å². The Hall–Kier alpha value is -3.93. The van der Waals surface area contributed by atoms with Gasteiger partial charge in [0, 0.05) is 17.5 Å². The summed E-state index contributed by atoms with van der Waals surface area (Å²) in [5.74, 6) is -0.152. The molecule has 2 aromatic heterocycles. The van der Waals surface area contributed by atoms with Gasteiger partial charge in [0.2, 0.25) is 5.91 Å². The van der Waals surface area contributed by atoms with E-state index in [4.69, 9.17) is 10.2 Å². The lowest BCUT2D eigenvalue weighted by Crippen LogP contribution is -2.23. The van der Waals surface area contributed by atoms with Gasteiger partial charge in [0.1, 0.15) is 5.69 Å². The van der Waals surface area contributed by atoms with Crippen molar-refractivity contribution in [3.8, 4) is 11.5 Å². The van der Waals surface area contributed by atoms with Gasteiger partial charge >= 0.3 is 0 Å². The van der Waals surface area contributed by atoms with Crippen LogP contribution in [0.5, 0.6) is 0 Å². The summed E-state index contributed by atoms with van der Waals surface area (Å²) in [6.07, 6.45) is 1.57. The van der Waals surface area contributed by atoms with E-state index in [0.29, 0.717) is 28.1 Å². The lowest BCUT2D eigenvalue weighted by Gasteiger charge is -2.10. The lowest BCUT2D eigenvalue weighted by atomic mass is 10.1. The molecule has 0 spiro atoms. The quantitative estimate of drug-likeness (QED) is 0.561. The predicted octanol–water partition coefficient (Wildman–Crippen LogP) is 3.52. The molecular weight excluding hydrogens is 354 g/mol. The monoisotopic (exact) mass is 371 g/mol. The fraction of sp³-hybridized carbons (Fsp3) is 0.0455. The normalized spacial score (nSPS) is 10.7. The minimum absolute atomic E-state index is 0.240. The molecule has 2 amide bonds. The van der Waals surface area contributed by atoms with Crippen molar-refractivity contribution < 1.29 is 14.0 Å². The standard InChI is InChI=1S/C22H17N3O3/c23-21(26)15-6-3-5-14(11-15)13-24-22(27)17-12-19(20-9-4-10-28-20)25-18-8-2-1-7-16(17)18/h1-12H,13H2,(H2,23,26)(H,24,27). The van der Waals surface area contributed by atoms with E-state index in [-0.39, 0.29) is 12.5 Å². The molecule has 138 valence electrons. The maximum atomic E-state index is 12.9. The number of nitrogens with two attached hydrogens (primary N) is 1. The number of aromatic nitrogens is 1. The van der Waals surface area contributed by atoms with E-state index < -0.39 is 5.91 Å². The third-order valence-electron chi connectivity index (χ3n) is 4.40. The first kappa shape index (κ1) is 17.5. The van der Waals surface area contributed by atoms with Crippen LogP contribution in [0.3, 0.4) is 0 Å². The number of fused-ring (bicyclic) bond motifs is 1. The smallest absolute Gasteiger partial charge is 0.252 e. The van der Waals surface area contributed by atoms with Crippen LogP contribution >= 0.6 is 0 Å². The number of hydrogen-bond acceptors (Lipinski definition) is 4. The van der Waals surface area contributed by atoms with Gasteiger partial charge in [-0.05, 0) is 42.0 Å². The van der Waals surface area contributed by atoms with E-state index >= 15 is 0 Å². The van der Waals surface area contributed by atoms with Gasteiger partial charge in [-0.3, -0.25) is 9.59 Å². The Morgan fingerprint density at radius 2 is 1.86 bits per heavy atom. The molecule has 0 fully saturated rings. The van der Waals surface area contributed by atoms with Gasteiger partial charge in [0.25, 0.3) is 5.91 Å². The number of nitrogens with one attached hydrogen (secondary N) is 1. The number of pyridine rings is 1. The largest absolute Gasteiger partial charge is 0.463 e. The molecule has 2 aromatic carbocycles. The molecule has 6 nitrogen and oxygen atoms in total. The van der Waals surface area contributed by atoms with Crippen molar-refractivity contribution in [1.82, 2.24) is 10.3 Å². The van der Waals surface area contributed by atoms with Gasteiger partial charge in [-0.2, -0.15) is 0 Å². The Labute approximate surface area is 161 Å². The molecule has 0 radical (unpaired) electrons. The van der Waals surface area contributed by atoms with E-state index in [1.165, 1.54) is 0 Å². The number of furan rings is 1. The lowest BCUT2D eigenvalue weighted by molar-refractivity contribution is 0.0952. The molecule has 0 aliphatic rings. The minimum Gasteiger partial charge on any atom is -0.463 e. The average molecular weight is 371 g/mol. The highest BCUT2D eigenvalue weighted by atomic mass is 16.3. The van der Waals surface area contributed by atoms with Gasteiger partial charge in [-0.25, -0.2) is 4.98 Å². The van der Waals surface area contributed by atoms with Crippen molar-refractivity contribution in [2.75, 3.05) is 0 Å². The molecule has 0 aliphatic heterocycles. The fourth-order valence-electron chi connectivity index (χ4n) is 3.03. The Kier molecular flexibility index (Phi) is 4.60. The number of carbonyl (C=O) groups is 2. The number of para-hydroxylation sites is 1. The highest BCUT2D eigenvalue weighted by molar-refractivity contribution is 6.07. The number of primary amides is 1. The molecule has 4 aromatic rings. The van der Waals surface area contributed by atoms with Crippen molar-refractivity contribution in [2.24, 2.45) is 5.73 Å². The fourth-order valence-corrected chi connectivity index (χ4v) is 3.03. The molecule has 3 N–H and O–H groups in total. The van der Waals surface area contributed by atoms with Crippen molar-refractivity contribution in [3.05, 3.63) is 89.7 Å². The molecule has 0 saturated heterocycles. The van der Waals surface area contributed by atoms with Gasteiger partial charge in [0.15, 0.2) is 5.76 Å². The van der Waals surface area contributed by atoms with Gasteiger partial charge in [-0.1, -0.05) is 30.3 Å². The Balaban J connectivity index is 1.65. The molecule has 0 atom stereocenters. The summed E-state index contributed by atoms with van der Waals surface area (Å²) < 4.78 is 5.43. The van der Waals surface area contributed by atoms with Gasteiger partial charge in [-0.15, -0.1) is 0 Å². The number of amides is 2. The first-order chi connectivity index (χ1) is 13.6. The predicted molar refractivity (Wildman–Crippen MR) is 106 cm³/mol. The van der Waals surface area contributed by atoms with Gasteiger partial charge in [0.05, 0.1) is 17.3 Å². The Morgan fingerprint density at radius 1 is 1.00 bits per heavy atom. The third kappa shape index (κ3) is 3.48. The van der Waals surface area contributed by atoms with Crippen LogP contribution in [0.2, 0.25) is 0 Å². The minimum atomic E-state index is -0.503. The second-order valence-electron chi connectivity index (χ2n) is 6.30. The number of benzene rings is 2. The summed E-state index contributed by atoms with van der Waals surface area (Å²) >= 11 is 0. The van der Waals surface area contributed by atoms with Crippen LogP contribution in [0, 0.1) is 0 Å².